The molecule has 4 aromatic heterocycles. The molecule has 0 saturated heterocycles. The van der Waals surface area contributed by atoms with Crippen LogP contribution in [-0.4, -0.2) is 43.1 Å². The van der Waals surface area contributed by atoms with E-state index < -0.39 is 23.8 Å². The number of ether oxygens (including phenoxy) is 1. The van der Waals surface area contributed by atoms with Crippen LogP contribution in [0.3, 0.4) is 0 Å². The number of halogens is 2. The maximum absolute atomic E-state index is 14.7. The van der Waals surface area contributed by atoms with E-state index in [1.807, 2.05) is 23.8 Å². The number of nitrogens with zero attached hydrogens (tertiary/aromatic N) is 6. The number of pyridine rings is 2. The molecule has 2 unspecified atom stereocenters. The molecule has 5 rings (SSSR count). The number of rotatable bonds is 4. The SMILES string of the molecule is COc1nc(C2=NC(c3cn(C)c4ncc(F)c(F)c34)C(C)ON2)ccc1-n1cnc(C)c1. The molecule has 170 valence electrons. The third kappa shape index (κ3) is 3.50. The minimum absolute atomic E-state index is 0.0827. The Morgan fingerprint density at radius 2 is 2.00 bits per heavy atom. The van der Waals surface area contributed by atoms with Crippen molar-refractivity contribution in [1.82, 2.24) is 29.6 Å². The van der Waals surface area contributed by atoms with Crippen molar-refractivity contribution in [2.45, 2.75) is 26.0 Å². The van der Waals surface area contributed by atoms with Gasteiger partial charge >= 0.3 is 0 Å². The third-order valence-electron chi connectivity index (χ3n) is 5.55. The molecular weight excluding hydrogens is 432 g/mol. The van der Waals surface area contributed by atoms with Crippen LogP contribution in [0, 0.1) is 18.6 Å². The molecular formula is C22H21F2N7O2. The Labute approximate surface area is 187 Å². The van der Waals surface area contributed by atoms with Crippen LogP contribution in [-0.2, 0) is 11.9 Å². The summed E-state index contributed by atoms with van der Waals surface area (Å²) in [6, 6.07) is 2.98. The Morgan fingerprint density at radius 1 is 1.18 bits per heavy atom. The number of aryl methyl sites for hydroxylation is 2. The van der Waals surface area contributed by atoms with Crippen LogP contribution in [0.15, 0.2) is 42.0 Å². The van der Waals surface area contributed by atoms with Crippen LogP contribution >= 0.6 is 0 Å². The van der Waals surface area contributed by atoms with Gasteiger partial charge in [-0.05, 0) is 26.0 Å². The second-order valence-electron chi connectivity index (χ2n) is 7.81. The van der Waals surface area contributed by atoms with Crippen LogP contribution < -0.4 is 10.2 Å². The normalized spacial score (nSPS) is 18.3. The molecule has 0 radical (unpaired) electrons. The van der Waals surface area contributed by atoms with Gasteiger partial charge in [0.25, 0.3) is 0 Å². The van der Waals surface area contributed by atoms with Gasteiger partial charge in [0, 0.05) is 25.0 Å². The molecule has 0 aromatic carbocycles. The van der Waals surface area contributed by atoms with Gasteiger partial charge in [-0.3, -0.25) is 9.83 Å². The highest BCUT2D eigenvalue weighted by Gasteiger charge is 2.31. The standard InChI is InChI=1S/C22H21F2N7O2/c1-11-8-31(10-26-11)16-6-5-15(27-22(16)32-4)20-28-19(12(2)33-29-20)13-9-30(3)21-17(13)18(24)14(23)7-25-21/h5-10,12,19H,1-4H3,(H,28,29). The summed E-state index contributed by atoms with van der Waals surface area (Å²) in [6.45, 7) is 3.68. The number of hydrogen-bond acceptors (Lipinski definition) is 7. The smallest absolute Gasteiger partial charge is 0.238 e. The summed E-state index contributed by atoms with van der Waals surface area (Å²) in [5, 5.41) is 0.0827. The van der Waals surface area contributed by atoms with Crippen LogP contribution in [0.1, 0.15) is 29.9 Å². The summed E-state index contributed by atoms with van der Waals surface area (Å²) in [5.41, 5.74) is 5.64. The largest absolute Gasteiger partial charge is 0.479 e. The molecule has 1 aliphatic heterocycles. The second-order valence-corrected chi connectivity index (χ2v) is 7.81. The monoisotopic (exact) mass is 453 g/mol. The molecule has 11 heteroatoms. The Balaban J connectivity index is 1.59. The van der Waals surface area contributed by atoms with Gasteiger partial charge in [0.2, 0.25) is 5.88 Å². The van der Waals surface area contributed by atoms with Gasteiger partial charge in [-0.2, -0.15) is 0 Å². The van der Waals surface area contributed by atoms with E-state index in [1.165, 1.54) is 7.11 Å². The zero-order valence-corrected chi connectivity index (χ0v) is 18.4. The van der Waals surface area contributed by atoms with Crippen molar-refractivity contribution in [2.24, 2.45) is 12.0 Å². The first kappa shape index (κ1) is 21.0. The average molecular weight is 453 g/mol. The van der Waals surface area contributed by atoms with Crippen molar-refractivity contribution in [2.75, 3.05) is 7.11 Å². The highest BCUT2D eigenvalue weighted by molar-refractivity contribution is 5.97. The predicted octanol–water partition coefficient (Wildman–Crippen LogP) is 3.16. The molecule has 5 heterocycles. The fourth-order valence-corrected chi connectivity index (χ4v) is 3.93. The maximum atomic E-state index is 14.7. The van der Waals surface area contributed by atoms with Gasteiger partial charge in [0.15, 0.2) is 17.5 Å². The fraction of sp³-hybridized carbons (Fsp3) is 0.273. The third-order valence-corrected chi connectivity index (χ3v) is 5.55. The number of aromatic nitrogens is 5. The van der Waals surface area contributed by atoms with Crippen molar-refractivity contribution in [3.8, 4) is 11.6 Å². The van der Waals surface area contributed by atoms with Crippen molar-refractivity contribution < 1.29 is 18.4 Å². The number of amidine groups is 1. The first-order valence-corrected chi connectivity index (χ1v) is 10.2. The number of aliphatic imine (C=N–C) groups is 1. The number of imidazole rings is 1. The molecule has 1 N–H and O–H groups in total. The Hall–Kier alpha value is -3.86. The molecule has 0 aliphatic carbocycles. The van der Waals surface area contributed by atoms with E-state index in [2.05, 4.69) is 20.4 Å². The second kappa shape index (κ2) is 7.93. The summed E-state index contributed by atoms with van der Waals surface area (Å²) in [6.07, 6.45) is 5.64. The average Bonchev–Trinajstić information content (AvgIpc) is 3.39. The minimum atomic E-state index is -1.02. The van der Waals surface area contributed by atoms with E-state index in [-0.39, 0.29) is 5.39 Å². The van der Waals surface area contributed by atoms with Gasteiger partial charge in [-0.25, -0.2) is 29.2 Å². The number of methoxy groups -OCH3 is 1. The molecule has 0 fully saturated rings. The summed E-state index contributed by atoms with van der Waals surface area (Å²) in [7, 11) is 3.24. The summed E-state index contributed by atoms with van der Waals surface area (Å²) in [5.74, 6) is -1.27. The Bertz CT molecular complexity index is 1400. The number of nitrogens with one attached hydrogen (secondary N) is 1. The minimum Gasteiger partial charge on any atom is -0.479 e. The summed E-state index contributed by atoms with van der Waals surface area (Å²) < 4.78 is 37.6. The Morgan fingerprint density at radius 3 is 2.73 bits per heavy atom. The topological polar surface area (TPSA) is 91.4 Å². The molecule has 4 aromatic rings. The lowest BCUT2D eigenvalue weighted by atomic mass is 10.0. The molecule has 2 atom stereocenters. The summed E-state index contributed by atoms with van der Waals surface area (Å²) in [4.78, 5) is 23.3. The highest BCUT2D eigenvalue weighted by Crippen LogP contribution is 2.34. The van der Waals surface area contributed by atoms with Crippen LogP contribution in [0.5, 0.6) is 5.88 Å². The van der Waals surface area contributed by atoms with E-state index in [0.29, 0.717) is 34.3 Å². The highest BCUT2D eigenvalue weighted by atomic mass is 19.2. The van der Waals surface area contributed by atoms with Crippen molar-refractivity contribution in [3.05, 3.63) is 65.6 Å². The van der Waals surface area contributed by atoms with E-state index >= 15 is 0 Å². The lowest BCUT2D eigenvalue weighted by Gasteiger charge is -2.27. The quantitative estimate of drug-likeness (QED) is 0.511. The van der Waals surface area contributed by atoms with Gasteiger partial charge in [-0.1, -0.05) is 0 Å². The van der Waals surface area contributed by atoms with E-state index in [0.717, 1.165) is 11.9 Å². The number of hydrogen-bond donors (Lipinski definition) is 1. The first-order valence-electron chi connectivity index (χ1n) is 10.2. The van der Waals surface area contributed by atoms with Crippen LogP contribution in [0.2, 0.25) is 0 Å². The van der Waals surface area contributed by atoms with Gasteiger partial charge < -0.3 is 13.9 Å². The van der Waals surface area contributed by atoms with Gasteiger partial charge in [-0.15, -0.1) is 0 Å². The molecule has 0 bridgehead atoms. The predicted molar refractivity (Wildman–Crippen MR) is 116 cm³/mol. The first-order chi connectivity index (χ1) is 15.9. The number of fused-ring (bicyclic) bond motifs is 1. The lowest BCUT2D eigenvalue weighted by Crippen LogP contribution is -2.38. The molecule has 0 amide bonds. The van der Waals surface area contributed by atoms with Crippen LogP contribution in [0.25, 0.3) is 16.7 Å². The fourth-order valence-electron chi connectivity index (χ4n) is 3.93. The van der Waals surface area contributed by atoms with Crippen molar-refractivity contribution in [3.63, 3.8) is 0 Å². The van der Waals surface area contributed by atoms with E-state index in [9.17, 15) is 8.78 Å². The van der Waals surface area contributed by atoms with Crippen LogP contribution in [0.4, 0.5) is 8.78 Å². The van der Waals surface area contributed by atoms with Crippen molar-refractivity contribution >= 4 is 16.9 Å². The van der Waals surface area contributed by atoms with Gasteiger partial charge in [0.05, 0.1) is 30.7 Å². The summed E-state index contributed by atoms with van der Waals surface area (Å²) >= 11 is 0. The maximum Gasteiger partial charge on any atom is 0.238 e. The van der Waals surface area contributed by atoms with Crippen molar-refractivity contribution in [1.29, 1.82) is 0 Å². The molecule has 0 saturated carbocycles. The Kier molecular flexibility index (Phi) is 5.05. The van der Waals surface area contributed by atoms with E-state index in [1.54, 1.807) is 37.1 Å². The molecule has 1 aliphatic rings. The molecule has 33 heavy (non-hydrogen) atoms. The zero-order chi connectivity index (χ0) is 23.3. The van der Waals surface area contributed by atoms with E-state index in [4.69, 9.17) is 14.6 Å². The molecule has 9 nitrogen and oxygen atoms in total. The number of hydroxylamine groups is 1. The molecule has 0 spiro atoms. The van der Waals surface area contributed by atoms with Gasteiger partial charge in [0.1, 0.15) is 29.2 Å². The zero-order valence-electron chi connectivity index (χ0n) is 18.4. The lowest BCUT2D eigenvalue weighted by molar-refractivity contribution is -0.00456.